The average molecular weight is 261 g/mol. The lowest BCUT2D eigenvalue weighted by molar-refractivity contribution is 0.102. The molecule has 1 aliphatic rings. The van der Waals surface area contributed by atoms with Crippen molar-refractivity contribution in [1.29, 1.82) is 0 Å². The zero-order valence-electron chi connectivity index (χ0n) is 10.5. The van der Waals surface area contributed by atoms with Gasteiger partial charge in [-0.15, -0.1) is 11.3 Å². The minimum atomic E-state index is -0.125. The summed E-state index contributed by atoms with van der Waals surface area (Å²) in [6, 6.07) is 8.25. The first-order valence-electron chi connectivity index (χ1n) is 6.85. The third-order valence-electron chi connectivity index (χ3n) is 3.94. The van der Waals surface area contributed by atoms with Crippen molar-refractivity contribution in [3.8, 4) is 0 Å². The Morgan fingerprint density at radius 3 is 2.83 bits per heavy atom. The zero-order chi connectivity index (χ0) is 12.4. The number of para-hydroxylation sites is 1. The number of hydrogen-bond donors (Lipinski definition) is 1. The standard InChI is InChI=1S/C15H19NOS/c17-13(11-5-1-2-6-11)9-10-15-16-12-7-3-4-8-14(12)18-15/h3-4,7-8,11,13,17H,1-2,5-6,9-10H2. The van der Waals surface area contributed by atoms with Crippen LogP contribution < -0.4 is 0 Å². The highest BCUT2D eigenvalue weighted by molar-refractivity contribution is 7.18. The minimum absolute atomic E-state index is 0.125. The monoisotopic (exact) mass is 261 g/mol. The van der Waals surface area contributed by atoms with Gasteiger partial charge in [0.15, 0.2) is 0 Å². The van der Waals surface area contributed by atoms with Crippen molar-refractivity contribution in [2.24, 2.45) is 5.92 Å². The van der Waals surface area contributed by atoms with E-state index in [1.54, 1.807) is 11.3 Å². The SMILES string of the molecule is OC(CCc1nc2ccccc2s1)C1CCCC1. The third kappa shape index (κ3) is 2.57. The Balaban J connectivity index is 1.62. The first-order valence-corrected chi connectivity index (χ1v) is 7.67. The van der Waals surface area contributed by atoms with Crippen molar-refractivity contribution in [2.45, 2.75) is 44.6 Å². The summed E-state index contributed by atoms with van der Waals surface area (Å²) in [6.07, 6.45) is 6.66. The first-order chi connectivity index (χ1) is 8.83. The van der Waals surface area contributed by atoms with Gasteiger partial charge >= 0.3 is 0 Å². The summed E-state index contributed by atoms with van der Waals surface area (Å²) < 4.78 is 1.25. The number of hydrogen-bond acceptors (Lipinski definition) is 3. The smallest absolute Gasteiger partial charge is 0.0939 e. The van der Waals surface area contributed by atoms with E-state index in [9.17, 15) is 5.11 Å². The average Bonchev–Trinajstić information content (AvgIpc) is 3.04. The summed E-state index contributed by atoms with van der Waals surface area (Å²) in [5, 5.41) is 11.3. The second-order valence-corrected chi connectivity index (χ2v) is 6.34. The molecule has 1 saturated carbocycles. The van der Waals surface area contributed by atoms with Gasteiger partial charge in [-0.1, -0.05) is 25.0 Å². The molecule has 1 aliphatic carbocycles. The largest absolute Gasteiger partial charge is 0.393 e. The fraction of sp³-hybridized carbons (Fsp3) is 0.533. The van der Waals surface area contributed by atoms with Crippen molar-refractivity contribution in [2.75, 3.05) is 0 Å². The Kier molecular flexibility index (Phi) is 3.62. The Morgan fingerprint density at radius 1 is 1.28 bits per heavy atom. The molecule has 18 heavy (non-hydrogen) atoms. The molecule has 0 bridgehead atoms. The molecule has 1 aromatic heterocycles. The van der Waals surface area contributed by atoms with Crippen molar-refractivity contribution in [3.05, 3.63) is 29.3 Å². The Morgan fingerprint density at radius 2 is 2.06 bits per heavy atom. The van der Waals surface area contributed by atoms with E-state index in [1.807, 2.05) is 6.07 Å². The molecule has 3 heteroatoms. The van der Waals surface area contributed by atoms with Crippen LogP contribution >= 0.6 is 11.3 Å². The van der Waals surface area contributed by atoms with Crippen molar-refractivity contribution >= 4 is 21.6 Å². The molecule has 3 rings (SSSR count). The van der Waals surface area contributed by atoms with Gasteiger partial charge in [-0.05, 0) is 37.3 Å². The molecule has 1 fully saturated rings. The van der Waals surface area contributed by atoms with Gasteiger partial charge in [0.1, 0.15) is 0 Å². The van der Waals surface area contributed by atoms with Crippen LogP contribution in [0, 0.1) is 5.92 Å². The van der Waals surface area contributed by atoms with E-state index in [-0.39, 0.29) is 6.10 Å². The second kappa shape index (κ2) is 5.37. The molecule has 96 valence electrons. The molecule has 1 N–H and O–H groups in total. The molecule has 1 heterocycles. The maximum Gasteiger partial charge on any atom is 0.0939 e. The van der Waals surface area contributed by atoms with Crippen LogP contribution in [0.2, 0.25) is 0 Å². The van der Waals surface area contributed by atoms with E-state index in [4.69, 9.17) is 0 Å². The predicted octanol–water partition coefficient (Wildman–Crippen LogP) is 3.78. The van der Waals surface area contributed by atoms with Crippen molar-refractivity contribution in [1.82, 2.24) is 4.98 Å². The van der Waals surface area contributed by atoms with Crippen LogP contribution in [0.3, 0.4) is 0 Å². The number of aliphatic hydroxyl groups is 1. The predicted molar refractivity (Wildman–Crippen MR) is 75.9 cm³/mol. The number of fused-ring (bicyclic) bond motifs is 1. The normalized spacial score (nSPS) is 18.5. The molecule has 0 saturated heterocycles. The molecule has 0 radical (unpaired) electrons. The fourth-order valence-electron chi connectivity index (χ4n) is 2.88. The quantitative estimate of drug-likeness (QED) is 0.908. The van der Waals surface area contributed by atoms with E-state index >= 15 is 0 Å². The Hall–Kier alpha value is -0.930. The van der Waals surface area contributed by atoms with Crippen molar-refractivity contribution in [3.63, 3.8) is 0 Å². The molecule has 2 aromatic rings. The van der Waals surface area contributed by atoms with Gasteiger partial charge in [0.2, 0.25) is 0 Å². The number of benzene rings is 1. The number of thiazole rings is 1. The van der Waals surface area contributed by atoms with Crippen LogP contribution in [-0.2, 0) is 6.42 Å². The van der Waals surface area contributed by atoms with E-state index in [1.165, 1.54) is 30.4 Å². The van der Waals surface area contributed by atoms with Crippen molar-refractivity contribution < 1.29 is 5.11 Å². The maximum atomic E-state index is 10.2. The number of nitrogens with zero attached hydrogens (tertiary/aromatic N) is 1. The van der Waals surface area contributed by atoms with E-state index in [0.29, 0.717) is 5.92 Å². The molecule has 1 aromatic carbocycles. The van der Waals surface area contributed by atoms with Crippen LogP contribution in [-0.4, -0.2) is 16.2 Å². The number of rotatable bonds is 4. The van der Waals surface area contributed by atoms with Crippen LogP contribution in [0.25, 0.3) is 10.2 Å². The number of aromatic nitrogens is 1. The second-order valence-electron chi connectivity index (χ2n) is 5.23. The molecule has 1 atom stereocenters. The third-order valence-corrected chi connectivity index (χ3v) is 5.03. The summed E-state index contributed by atoms with van der Waals surface area (Å²) in [7, 11) is 0. The van der Waals surface area contributed by atoms with Crippen LogP contribution in [0.4, 0.5) is 0 Å². The number of aryl methyl sites for hydroxylation is 1. The van der Waals surface area contributed by atoms with Gasteiger partial charge in [0, 0.05) is 6.42 Å². The molecular formula is C15H19NOS. The molecule has 1 unspecified atom stereocenters. The van der Waals surface area contributed by atoms with E-state index in [0.717, 1.165) is 23.4 Å². The molecule has 0 amide bonds. The van der Waals surface area contributed by atoms with Crippen LogP contribution in [0.1, 0.15) is 37.1 Å². The summed E-state index contributed by atoms with van der Waals surface area (Å²) in [6.45, 7) is 0. The Bertz CT molecular complexity index is 483. The summed E-state index contributed by atoms with van der Waals surface area (Å²) in [5.74, 6) is 0.541. The first kappa shape index (κ1) is 12.1. The molecule has 2 nitrogen and oxygen atoms in total. The van der Waals surface area contributed by atoms with Gasteiger partial charge in [-0.2, -0.15) is 0 Å². The highest BCUT2D eigenvalue weighted by Gasteiger charge is 2.23. The topological polar surface area (TPSA) is 33.1 Å². The fourth-order valence-corrected chi connectivity index (χ4v) is 3.86. The molecular weight excluding hydrogens is 242 g/mol. The summed E-state index contributed by atoms with van der Waals surface area (Å²) >= 11 is 1.76. The van der Waals surface area contributed by atoms with E-state index < -0.39 is 0 Å². The van der Waals surface area contributed by atoms with Gasteiger partial charge in [-0.3, -0.25) is 0 Å². The van der Waals surface area contributed by atoms with Gasteiger partial charge in [-0.25, -0.2) is 4.98 Å². The summed E-state index contributed by atoms with van der Waals surface area (Å²) in [5.41, 5.74) is 1.09. The van der Waals surface area contributed by atoms with E-state index in [2.05, 4.69) is 23.2 Å². The Labute approximate surface area is 112 Å². The minimum Gasteiger partial charge on any atom is -0.393 e. The van der Waals surface area contributed by atoms with Crippen LogP contribution in [0.5, 0.6) is 0 Å². The highest BCUT2D eigenvalue weighted by Crippen LogP contribution is 2.30. The molecule has 0 spiro atoms. The van der Waals surface area contributed by atoms with Crippen LogP contribution in [0.15, 0.2) is 24.3 Å². The maximum absolute atomic E-state index is 10.2. The van der Waals surface area contributed by atoms with Gasteiger partial charge in [0.05, 0.1) is 21.3 Å². The lowest BCUT2D eigenvalue weighted by Gasteiger charge is -2.16. The lowest BCUT2D eigenvalue weighted by atomic mass is 9.97. The number of aliphatic hydroxyl groups excluding tert-OH is 1. The highest BCUT2D eigenvalue weighted by atomic mass is 32.1. The zero-order valence-corrected chi connectivity index (χ0v) is 11.3. The lowest BCUT2D eigenvalue weighted by Crippen LogP contribution is -2.18. The summed E-state index contributed by atoms with van der Waals surface area (Å²) in [4.78, 5) is 4.62. The van der Waals surface area contributed by atoms with Gasteiger partial charge in [0.25, 0.3) is 0 Å². The van der Waals surface area contributed by atoms with Gasteiger partial charge < -0.3 is 5.11 Å². The molecule has 0 aliphatic heterocycles.